The number of pyridine rings is 1. The number of hydrogen-bond donors (Lipinski definition) is 2. The zero-order valence-corrected chi connectivity index (χ0v) is 10.9. The molecule has 0 radical (unpaired) electrons. The second kappa shape index (κ2) is 5.95. The Morgan fingerprint density at radius 1 is 1.47 bits per heavy atom. The first-order valence-corrected chi connectivity index (χ1v) is 6.75. The van der Waals surface area contributed by atoms with Gasteiger partial charge in [0.05, 0.1) is 5.69 Å². The molecule has 3 N–H and O–H groups in total. The van der Waals surface area contributed by atoms with Crippen LogP contribution in [-0.4, -0.2) is 45.5 Å². The van der Waals surface area contributed by atoms with Gasteiger partial charge in [0.15, 0.2) is 0 Å². The molecule has 1 aromatic heterocycles. The summed E-state index contributed by atoms with van der Waals surface area (Å²) in [6.07, 6.45) is 3.45. The van der Waals surface area contributed by atoms with E-state index in [4.69, 9.17) is 5.73 Å². The largest absolute Gasteiger partial charge is 0.398 e. The van der Waals surface area contributed by atoms with Crippen LogP contribution >= 0.6 is 0 Å². The standard InChI is InChI=1S/C10H18N4O2S/c1-14(2)7-3-5-13-17(15,16)10-8-12-6-4-9(10)11/h4,6,8,13H,3,5,7H2,1-2H3,(H2,11,12). The minimum atomic E-state index is -3.54. The Bertz CT molecular complexity index is 459. The molecule has 0 aliphatic carbocycles. The minimum Gasteiger partial charge on any atom is -0.398 e. The van der Waals surface area contributed by atoms with Crippen molar-refractivity contribution in [3.63, 3.8) is 0 Å². The molecule has 17 heavy (non-hydrogen) atoms. The van der Waals surface area contributed by atoms with Crippen molar-refractivity contribution >= 4 is 15.7 Å². The number of nitrogen functional groups attached to an aromatic ring is 1. The molecule has 6 nitrogen and oxygen atoms in total. The van der Waals surface area contributed by atoms with Crippen LogP contribution < -0.4 is 10.5 Å². The van der Waals surface area contributed by atoms with Crippen molar-refractivity contribution < 1.29 is 8.42 Å². The number of anilines is 1. The van der Waals surface area contributed by atoms with Crippen LogP contribution in [0.25, 0.3) is 0 Å². The minimum absolute atomic E-state index is 0.0323. The van der Waals surface area contributed by atoms with E-state index >= 15 is 0 Å². The molecule has 1 rings (SSSR count). The Morgan fingerprint density at radius 3 is 2.76 bits per heavy atom. The highest BCUT2D eigenvalue weighted by molar-refractivity contribution is 7.89. The van der Waals surface area contributed by atoms with Gasteiger partial charge in [-0.15, -0.1) is 0 Å². The Labute approximate surface area is 102 Å². The van der Waals surface area contributed by atoms with E-state index in [-0.39, 0.29) is 10.6 Å². The second-order valence-corrected chi connectivity index (χ2v) is 5.70. The molecule has 0 saturated heterocycles. The highest BCUT2D eigenvalue weighted by Crippen LogP contribution is 2.14. The molecule has 0 amide bonds. The first kappa shape index (κ1) is 13.9. The highest BCUT2D eigenvalue weighted by atomic mass is 32.2. The lowest BCUT2D eigenvalue weighted by Crippen LogP contribution is -2.28. The topological polar surface area (TPSA) is 88.3 Å². The normalized spacial score (nSPS) is 11.9. The third kappa shape index (κ3) is 4.29. The Hall–Kier alpha value is -1.18. The van der Waals surface area contributed by atoms with Crippen LogP contribution in [-0.2, 0) is 10.0 Å². The molecule has 0 aliphatic heterocycles. The first-order chi connectivity index (χ1) is 7.93. The first-order valence-electron chi connectivity index (χ1n) is 5.27. The Kier molecular flexibility index (Phi) is 4.86. The van der Waals surface area contributed by atoms with Gasteiger partial charge in [-0.25, -0.2) is 13.1 Å². The fourth-order valence-electron chi connectivity index (χ4n) is 1.29. The quantitative estimate of drug-likeness (QED) is 0.695. The van der Waals surface area contributed by atoms with Gasteiger partial charge < -0.3 is 10.6 Å². The number of nitrogens with zero attached hydrogens (tertiary/aromatic N) is 2. The van der Waals surface area contributed by atoms with Crippen LogP contribution in [0.3, 0.4) is 0 Å². The van der Waals surface area contributed by atoms with Crippen LogP contribution in [0.5, 0.6) is 0 Å². The molecule has 0 aliphatic rings. The smallest absolute Gasteiger partial charge is 0.244 e. The second-order valence-electron chi connectivity index (χ2n) is 3.97. The van der Waals surface area contributed by atoms with Gasteiger partial charge in [0.2, 0.25) is 10.0 Å². The molecule has 0 bridgehead atoms. The summed E-state index contributed by atoms with van der Waals surface area (Å²) in [5, 5.41) is 0. The van der Waals surface area contributed by atoms with Gasteiger partial charge in [0, 0.05) is 18.9 Å². The average Bonchev–Trinajstić information content (AvgIpc) is 2.24. The lowest BCUT2D eigenvalue weighted by molar-refractivity contribution is 0.400. The molecule has 96 valence electrons. The van der Waals surface area contributed by atoms with Crippen molar-refractivity contribution in [2.24, 2.45) is 0 Å². The van der Waals surface area contributed by atoms with Crippen molar-refractivity contribution in [1.82, 2.24) is 14.6 Å². The Balaban J connectivity index is 2.61. The zero-order chi connectivity index (χ0) is 12.9. The van der Waals surface area contributed by atoms with Crippen LogP contribution in [0, 0.1) is 0 Å². The van der Waals surface area contributed by atoms with Crippen molar-refractivity contribution in [1.29, 1.82) is 0 Å². The molecule has 0 spiro atoms. The average molecular weight is 258 g/mol. The number of hydrogen-bond acceptors (Lipinski definition) is 5. The SMILES string of the molecule is CN(C)CCCNS(=O)(=O)c1cnccc1N. The van der Waals surface area contributed by atoms with Gasteiger partial charge in [-0.1, -0.05) is 0 Å². The lowest BCUT2D eigenvalue weighted by Gasteiger charge is -2.11. The van der Waals surface area contributed by atoms with E-state index in [1.54, 1.807) is 0 Å². The van der Waals surface area contributed by atoms with Gasteiger partial charge in [-0.3, -0.25) is 4.98 Å². The summed E-state index contributed by atoms with van der Waals surface area (Å²) in [6.45, 7) is 1.21. The van der Waals surface area contributed by atoms with Crippen molar-refractivity contribution in [3.8, 4) is 0 Å². The summed E-state index contributed by atoms with van der Waals surface area (Å²) in [5.74, 6) is 0. The van der Waals surface area contributed by atoms with Gasteiger partial charge in [-0.05, 0) is 33.1 Å². The fraction of sp³-hybridized carbons (Fsp3) is 0.500. The van der Waals surface area contributed by atoms with Crippen molar-refractivity contribution in [2.75, 3.05) is 32.9 Å². The summed E-state index contributed by atoms with van der Waals surface area (Å²) in [5.41, 5.74) is 5.80. The monoisotopic (exact) mass is 258 g/mol. The lowest BCUT2D eigenvalue weighted by atomic mass is 10.4. The van der Waals surface area contributed by atoms with Crippen molar-refractivity contribution in [3.05, 3.63) is 18.5 Å². The van der Waals surface area contributed by atoms with E-state index in [2.05, 4.69) is 9.71 Å². The fourth-order valence-corrected chi connectivity index (χ4v) is 2.44. The predicted molar refractivity (Wildman–Crippen MR) is 67.0 cm³/mol. The summed E-state index contributed by atoms with van der Waals surface area (Å²) in [4.78, 5) is 5.79. The van der Waals surface area contributed by atoms with E-state index in [9.17, 15) is 8.42 Å². The molecular formula is C10H18N4O2S. The van der Waals surface area contributed by atoms with Crippen molar-refractivity contribution in [2.45, 2.75) is 11.3 Å². The number of sulfonamides is 1. The van der Waals surface area contributed by atoms with Gasteiger partial charge in [-0.2, -0.15) is 0 Å². The number of nitrogens with two attached hydrogens (primary N) is 1. The van der Waals surface area contributed by atoms with Gasteiger partial charge in [0.1, 0.15) is 4.90 Å². The van der Waals surface area contributed by atoms with Gasteiger partial charge >= 0.3 is 0 Å². The van der Waals surface area contributed by atoms with Crippen LogP contribution in [0.4, 0.5) is 5.69 Å². The molecule has 0 aromatic carbocycles. The highest BCUT2D eigenvalue weighted by Gasteiger charge is 2.16. The number of rotatable bonds is 6. The predicted octanol–water partition coefficient (Wildman–Crippen LogP) is -0.106. The van der Waals surface area contributed by atoms with Crippen LogP contribution in [0.1, 0.15) is 6.42 Å². The third-order valence-corrected chi connectivity index (χ3v) is 3.68. The number of nitrogens with one attached hydrogen (secondary N) is 1. The van der Waals surface area contributed by atoms with E-state index in [0.29, 0.717) is 6.54 Å². The molecule has 1 aromatic rings. The molecule has 1 heterocycles. The maximum atomic E-state index is 11.9. The molecule has 0 fully saturated rings. The summed E-state index contributed by atoms with van der Waals surface area (Å²) >= 11 is 0. The van der Waals surface area contributed by atoms with Crippen LogP contribution in [0.2, 0.25) is 0 Å². The van der Waals surface area contributed by atoms with E-state index in [1.165, 1.54) is 18.5 Å². The molecule has 0 atom stereocenters. The molecule has 7 heteroatoms. The summed E-state index contributed by atoms with van der Waals surface area (Å²) < 4.78 is 26.2. The third-order valence-electron chi connectivity index (χ3n) is 2.18. The molecular weight excluding hydrogens is 240 g/mol. The summed E-state index contributed by atoms with van der Waals surface area (Å²) in [6, 6.07) is 1.47. The van der Waals surface area contributed by atoms with Gasteiger partial charge in [0.25, 0.3) is 0 Å². The number of aromatic nitrogens is 1. The van der Waals surface area contributed by atoms with E-state index in [1.807, 2.05) is 19.0 Å². The van der Waals surface area contributed by atoms with E-state index in [0.717, 1.165) is 13.0 Å². The van der Waals surface area contributed by atoms with E-state index < -0.39 is 10.0 Å². The maximum absolute atomic E-state index is 11.9. The molecule has 0 saturated carbocycles. The zero-order valence-electron chi connectivity index (χ0n) is 10.0. The Morgan fingerprint density at radius 2 is 2.18 bits per heavy atom. The van der Waals surface area contributed by atoms with Crippen LogP contribution in [0.15, 0.2) is 23.4 Å². The maximum Gasteiger partial charge on any atom is 0.244 e. The summed E-state index contributed by atoms with van der Waals surface area (Å²) in [7, 11) is 0.331. The molecule has 0 unspecified atom stereocenters.